The van der Waals surface area contributed by atoms with Crippen LogP contribution in [0.1, 0.15) is 12.8 Å². The van der Waals surface area contributed by atoms with Gasteiger partial charge in [0, 0.05) is 11.0 Å². The molecular weight excluding hydrogens is 116 g/mol. The lowest BCUT2D eigenvalue weighted by atomic mass is 10.1. The predicted molar refractivity (Wildman–Crippen MR) is 35.0 cm³/mol. The Morgan fingerprint density at radius 1 is 1.44 bits per heavy atom. The van der Waals surface area contributed by atoms with Crippen LogP contribution in [0.3, 0.4) is 0 Å². The summed E-state index contributed by atoms with van der Waals surface area (Å²) in [5.41, 5.74) is 8.06. The molecule has 1 rings (SSSR count). The van der Waals surface area contributed by atoms with Crippen LogP contribution in [0.4, 0.5) is 0 Å². The third kappa shape index (κ3) is 1.91. The molecule has 0 aromatic heterocycles. The molecule has 0 saturated carbocycles. The molecule has 1 aliphatic heterocycles. The molecule has 1 fully saturated rings. The van der Waals surface area contributed by atoms with Crippen LogP contribution in [0.15, 0.2) is 5.11 Å². The van der Waals surface area contributed by atoms with Crippen LogP contribution in [0, 0.1) is 0 Å². The summed E-state index contributed by atoms with van der Waals surface area (Å²) in [4.78, 5) is 2.76. The molecule has 1 aliphatic rings. The standard InChI is InChI=1S/C5H10N4/c6-9-8-5-1-3-7-4-2-5/h5,7H,1-4H2. The highest BCUT2D eigenvalue weighted by atomic mass is 15.2. The minimum Gasteiger partial charge on any atom is -0.317 e. The SMILES string of the molecule is [N-]=[N+]=NC1CCNCC1. The summed E-state index contributed by atoms with van der Waals surface area (Å²) in [6, 6.07) is 0.247. The van der Waals surface area contributed by atoms with Crippen LogP contribution in [-0.4, -0.2) is 19.1 Å². The monoisotopic (exact) mass is 126 g/mol. The van der Waals surface area contributed by atoms with Gasteiger partial charge in [-0.3, -0.25) is 0 Å². The van der Waals surface area contributed by atoms with Gasteiger partial charge in [-0.25, -0.2) is 0 Å². The Kier molecular flexibility index (Phi) is 2.36. The van der Waals surface area contributed by atoms with Gasteiger partial charge in [-0.2, -0.15) is 0 Å². The van der Waals surface area contributed by atoms with Crippen molar-refractivity contribution < 1.29 is 0 Å². The van der Waals surface area contributed by atoms with Gasteiger partial charge < -0.3 is 5.32 Å². The number of nitrogens with one attached hydrogen (secondary N) is 1. The van der Waals surface area contributed by atoms with Crippen molar-refractivity contribution >= 4 is 0 Å². The molecule has 4 heteroatoms. The second kappa shape index (κ2) is 3.33. The normalized spacial score (nSPS) is 20.9. The summed E-state index contributed by atoms with van der Waals surface area (Å²) in [5.74, 6) is 0. The molecule has 1 saturated heterocycles. The fourth-order valence-electron chi connectivity index (χ4n) is 0.995. The molecule has 0 atom stereocenters. The zero-order chi connectivity index (χ0) is 6.53. The highest BCUT2D eigenvalue weighted by molar-refractivity contribution is 4.73. The van der Waals surface area contributed by atoms with E-state index in [9.17, 15) is 0 Å². The van der Waals surface area contributed by atoms with Crippen molar-refractivity contribution in [3.8, 4) is 0 Å². The molecule has 1 heterocycles. The maximum Gasteiger partial charge on any atom is 0.0398 e. The van der Waals surface area contributed by atoms with E-state index in [1.807, 2.05) is 0 Å². The van der Waals surface area contributed by atoms with E-state index in [1.54, 1.807) is 0 Å². The number of azide groups is 1. The maximum absolute atomic E-state index is 8.06. The Morgan fingerprint density at radius 2 is 2.11 bits per heavy atom. The van der Waals surface area contributed by atoms with Crippen molar-refractivity contribution in [2.45, 2.75) is 18.9 Å². The first-order valence-electron chi connectivity index (χ1n) is 3.18. The molecule has 0 aromatic carbocycles. The number of nitrogens with zero attached hydrogens (tertiary/aromatic N) is 3. The minimum absolute atomic E-state index is 0.247. The summed E-state index contributed by atoms with van der Waals surface area (Å²) in [6.07, 6.45) is 1.98. The summed E-state index contributed by atoms with van der Waals surface area (Å²) in [5, 5.41) is 6.81. The number of hydrogen-bond donors (Lipinski definition) is 1. The van der Waals surface area contributed by atoms with E-state index in [4.69, 9.17) is 5.53 Å². The van der Waals surface area contributed by atoms with Crippen molar-refractivity contribution in [3.05, 3.63) is 10.4 Å². The molecule has 4 nitrogen and oxygen atoms in total. The van der Waals surface area contributed by atoms with Gasteiger partial charge in [0.25, 0.3) is 0 Å². The quantitative estimate of drug-likeness (QED) is 0.318. The molecule has 0 unspecified atom stereocenters. The summed E-state index contributed by atoms with van der Waals surface area (Å²) in [6.45, 7) is 1.98. The van der Waals surface area contributed by atoms with Crippen molar-refractivity contribution in [2.24, 2.45) is 5.11 Å². The largest absolute Gasteiger partial charge is 0.317 e. The van der Waals surface area contributed by atoms with Crippen LogP contribution >= 0.6 is 0 Å². The molecule has 0 bridgehead atoms. The van der Waals surface area contributed by atoms with Crippen molar-refractivity contribution in [2.75, 3.05) is 13.1 Å². The third-order valence-corrected chi connectivity index (χ3v) is 1.52. The lowest BCUT2D eigenvalue weighted by Gasteiger charge is -2.16. The molecule has 1 N–H and O–H groups in total. The van der Waals surface area contributed by atoms with Crippen LogP contribution in [0.25, 0.3) is 10.4 Å². The van der Waals surface area contributed by atoms with E-state index in [0.717, 1.165) is 25.9 Å². The second-order valence-electron chi connectivity index (χ2n) is 2.19. The van der Waals surface area contributed by atoms with Gasteiger partial charge >= 0.3 is 0 Å². The van der Waals surface area contributed by atoms with Crippen molar-refractivity contribution in [1.29, 1.82) is 0 Å². The average Bonchev–Trinajstić information content (AvgIpc) is 1.91. The lowest BCUT2D eigenvalue weighted by molar-refractivity contribution is 0.457. The molecule has 0 aromatic rings. The molecule has 0 aliphatic carbocycles. The van der Waals surface area contributed by atoms with Crippen molar-refractivity contribution in [1.82, 2.24) is 5.32 Å². The molecular formula is C5H10N4. The summed E-state index contributed by atoms with van der Waals surface area (Å²) in [7, 11) is 0. The third-order valence-electron chi connectivity index (χ3n) is 1.52. The predicted octanol–water partition coefficient (Wildman–Crippen LogP) is 1.05. The van der Waals surface area contributed by atoms with E-state index in [0.29, 0.717) is 0 Å². The Balaban J connectivity index is 2.31. The Labute approximate surface area is 53.9 Å². The van der Waals surface area contributed by atoms with Crippen LogP contribution in [0.5, 0.6) is 0 Å². The Morgan fingerprint density at radius 3 is 2.67 bits per heavy atom. The highest BCUT2D eigenvalue weighted by Crippen LogP contribution is 2.05. The van der Waals surface area contributed by atoms with Crippen LogP contribution in [0.2, 0.25) is 0 Å². The minimum atomic E-state index is 0.247. The number of piperidine rings is 1. The first-order valence-corrected chi connectivity index (χ1v) is 3.18. The maximum atomic E-state index is 8.06. The van der Waals surface area contributed by atoms with Gasteiger partial charge in [-0.1, -0.05) is 5.11 Å². The first kappa shape index (κ1) is 6.39. The van der Waals surface area contributed by atoms with Gasteiger partial charge in [-0.05, 0) is 31.5 Å². The Bertz CT molecular complexity index is 121. The fraction of sp³-hybridized carbons (Fsp3) is 1.00. The number of hydrogen-bond acceptors (Lipinski definition) is 2. The number of rotatable bonds is 1. The smallest absolute Gasteiger partial charge is 0.0398 e. The fourth-order valence-corrected chi connectivity index (χ4v) is 0.995. The molecule has 50 valence electrons. The van der Waals surface area contributed by atoms with E-state index < -0.39 is 0 Å². The topological polar surface area (TPSA) is 60.8 Å². The van der Waals surface area contributed by atoms with E-state index in [-0.39, 0.29) is 6.04 Å². The van der Waals surface area contributed by atoms with Crippen LogP contribution < -0.4 is 5.32 Å². The van der Waals surface area contributed by atoms with Gasteiger partial charge in [0.2, 0.25) is 0 Å². The first-order chi connectivity index (χ1) is 4.43. The zero-order valence-corrected chi connectivity index (χ0v) is 5.25. The van der Waals surface area contributed by atoms with Crippen LogP contribution in [-0.2, 0) is 0 Å². The van der Waals surface area contributed by atoms with Crippen molar-refractivity contribution in [3.63, 3.8) is 0 Å². The average molecular weight is 126 g/mol. The van der Waals surface area contributed by atoms with E-state index >= 15 is 0 Å². The van der Waals surface area contributed by atoms with Gasteiger partial charge in [0.15, 0.2) is 0 Å². The lowest BCUT2D eigenvalue weighted by Crippen LogP contribution is -2.29. The molecule has 9 heavy (non-hydrogen) atoms. The Hall–Kier alpha value is -0.730. The summed E-state index contributed by atoms with van der Waals surface area (Å²) < 4.78 is 0. The molecule has 0 spiro atoms. The second-order valence-corrected chi connectivity index (χ2v) is 2.19. The van der Waals surface area contributed by atoms with Gasteiger partial charge in [0.1, 0.15) is 0 Å². The van der Waals surface area contributed by atoms with Gasteiger partial charge in [0.05, 0.1) is 0 Å². The summed E-state index contributed by atoms with van der Waals surface area (Å²) >= 11 is 0. The zero-order valence-electron chi connectivity index (χ0n) is 5.25. The van der Waals surface area contributed by atoms with E-state index in [1.165, 1.54) is 0 Å². The molecule has 0 radical (unpaired) electrons. The van der Waals surface area contributed by atoms with Gasteiger partial charge in [-0.15, -0.1) is 0 Å². The molecule has 0 amide bonds. The highest BCUT2D eigenvalue weighted by Gasteiger charge is 2.09. The van der Waals surface area contributed by atoms with E-state index in [2.05, 4.69) is 15.3 Å².